The fraction of sp³-hybridized carbons (Fsp3) is 0.0938. The van der Waals surface area contributed by atoms with Gasteiger partial charge in [-0.3, -0.25) is 4.79 Å². The van der Waals surface area contributed by atoms with E-state index in [1.54, 1.807) is 25.1 Å². The van der Waals surface area contributed by atoms with E-state index in [9.17, 15) is 9.59 Å². The van der Waals surface area contributed by atoms with Crippen LogP contribution in [0.25, 0.3) is 21.5 Å². The van der Waals surface area contributed by atoms with E-state index in [0.29, 0.717) is 22.6 Å². The molecular weight excluding hydrogens is 476 g/mol. The Kier molecular flexibility index (Phi) is 7.13. The van der Waals surface area contributed by atoms with Crippen molar-refractivity contribution in [2.24, 2.45) is 5.10 Å². The van der Waals surface area contributed by atoms with E-state index in [0.717, 1.165) is 27.1 Å². The van der Waals surface area contributed by atoms with Crippen molar-refractivity contribution in [2.75, 3.05) is 0 Å². The normalized spacial score (nSPS) is 11.9. The van der Waals surface area contributed by atoms with E-state index in [4.69, 9.17) is 9.47 Å². The third kappa shape index (κ3) is 5.39. The van der Waals surface area contributed by atoms with Crippen LogP contribution in [0, 0.1) is 6.92 Å². The lowest BCUT2D eigenvalue weighted by Gasteiger charge is -2.15. The molecule has 1 amide bonds. The van der Waals surface area contributed by atoms with Crippen LogP contribution >= 0.6 is 0 Å². The third-order valence-corrected chi connectivity index (χ3v) is 6.21. The van der Waals surface area contributed by atoms with Gasteiger partial charge in [-0.25, -0.2) is 10.2 Å². The first-order valence-corrected chi connectivity index (χ1v) is 12.3. The van der Waals surface area contributed by atoms with E-state index in [1.165, 1.54) is 6.21 Å². The van der Waals surface area contributed by atoms with Crippen LogP contribution in [0.5, 0.6) is 11.5 Å². The topological polar surface area (TPSA) is 77.0 Å². The van der Waals surface area contributed by atoms with Crippen molar-refractivity contribution in [3.8, 4) is 11.5 Å². The lowest BCUT2D eigenvalue weighted by molar-refractivity contribution is -0.127. The summed E-state index contributed by atoms with van der Waals surface area (Å²) in [6.07, 6.45) is 0.701. The van der Waals surface area contributed by atoms with Gasteiger partial charge >= 0.3 is 5.97 Å². The number of rotatable bonds is 7. The molecular formula is C32H26N2O4. The van der Waals surface area contributed by atoms with E-state index >= 15 is 0 Å². The molecule has 0 aliphatic carbocycles. The minimum atomic E-state index is -0.788. The van der Waals surface area contributed by atoms with Crippen molar-refractivity contribution in [2.45, 2.75) is 20.0 Å². The zero-order valence-corrected chi connectivity index (χ0v) is 21.0. The highest BCUT2D eigenvalue weighted by Gasteiger charge is 2.16. The number of aryl methyl sites for hydroxylation is 1. The fourth-order valence-electron chi connectivity index (χ4n) is 4.14. The Morgan fingerprint density at radius 1 is 0.763 bits per heavy atom. The van der Waals surface area contributed by atoms with Crippen LogP contribution in [-0.4, -0.2) is 24.2 Å². The van der Waals surface area contributed by atoms with E-state index < -0.39 is 18.0 Å². The molecule has 5 rings (SSSR count). The number of nitrogens with one attached hydrogen (secondary N) is 1. The third-order valence-electron chi connectivity index (χ3n) is 6.21. The molecule has 0 spiro atoms. The lowest BCUT2D eigenvalue weighted by Crippen LogP contribution is -2.33. The molecule has 0 fully saturated rings. The summed E-state index contributed by atoms with van der Waals surface area (Å²) in [6.45, 7) is 3.62. The Labute approximate surface area is 220 Å². The molecule has 188 valence electrons. The van der Waals surface area contributed by atoms with E-state index in [1.807, 2.05) is 91.9 Å². The number of fused-ring (bicyclic) bond motifs is 2. The predicted molar refractivity (Wildman–Crippen MR) is 150 cm³/mol. The maximum Gasteiger partial charge on any atom is 0.343 e. The number of hydrogen-bond donors (Lipinski definition) is 1. The molecule has 1 N–H and O–H groups in total. The van der Waals surface area contributed by atoms with Gasteiger partial charge in [0.05, 0.1) is 11.8 Å². The first-order valence-electron chi connectivity index (χ1n) is 12.3. The SMILES string of the molecule is Cc1ccc(C(=O)Oc2ccc3ccccc3c2/C=N/NC(=O)C(C)Oc2cccc3ccccc23)cc1. The van der Waals surface area contributed by atoms with Gasteiger partial charge in [0.1, 0.15) is 11.5 Å². The molecule has 0 heterocycles. The van der Waals surface area contributed by atoms with Crippen LogP contribution in [0.4, 0.5) is 0 Å². The average Bonchev–Trinajstić information content (AvgIpc) is 2.94. The molecule has 0 aliphatic heterocycles. The number of amides is 1. The fourth-order valence-corrected chi connectivity index (χ4v) is 4.14. The molecule has 5 aromatic rings. The molecule has 0 radical (unpaired) electrons. The first-order chi connectivity index (χ1) is 18.5. The molecule has 0 saturated carbocycles. The molecule has 0 saturated heterocycles. The lowest BCUT2D eigenvalue weighted by atomic mass is 10.0. The molecule has 1 unspecified atom stereocenters. The first kappa shape index (κ1) is 24.7. The van der Waals surface area contributed by atoms with Crippen molar-refractivity contribution in [1.82, 2.24) is 5.43 Å². The number of nitrogens with zero attached hydrogens (tertiary/aromatic N) is 1. The number of hydrogen-bond acceptors (Lipinski definition) is 5. The van der Waals surface area contributed by atoms with Crippen LogP contribution in [0.3, 0.4) is 0 Å². The highest BCUT2D eigenvalue weighted by Crippen LogP contribution is 2.28. The summed E-state index contributed by atoms with van der Waals surface area (Å²) in [5.74, 6) is 0.0742. The van der Waals surface area contributed by atoms with E-state index in [2.05, 4.69) is 10.5 Å². The quantitative estimate of drug-likeness (QED) is 0.120. The average molecular weight is 503 g/mol. The Bertz CT molecular complexity index is 1650. The number of carbonyl (C=O) groups is 2. The van der Waals surface area contributed by atoms with Crippen LogP contribution in [0.1, 0.15) is 28.4 Å². The molecule has 1 atom stereocenters. The van der Waals surface area contributed by atoms with Crippen molar-refractivity contribution in [3.05, 3.63) is 120 Å². The van der Waals surface area contributed by atoms with Crippen molar-refractivity contribution >= 4 is 39.6 Å². The summed E-state index contributed by atoms with van der Waals surface area (Å²) in [7, 11) is 0. The van der Waals surface area contributed by atoms with Gasteiger partial charge in [-0.2, -0.15) is 5.10 Å². The molecule has 6 heteroatoms. The van der Waals surface area contributed by atoms with Gasteiger partial charge in [0.25, 0.3) is 5.91 Å². The van der Waals surface area contributed by atoms with Gasteiger partial charge in [0.2, 0.25) is 0 Å². The van der Waals surface area contributed by atoms with Gasteiger partial charge in [0.15, 0.2) is 6.10 Å². The monoisotopic (exact) mass is 502 g/mol. The predicted octanol–water partition coefficient (Wildman–Crippen LogP) is 6.44. The largest absolute Gasteiger partial charge is 0.480 e. The Hall–Kier alpha value is -4.97. The molecule has 38 heavy (non-hydrogen) atoms. The molecule has 0 aliphatic rings. The second-order valence-corrected chi connectivity index (χ2v) is 8.93. The summed E-state index contributed by atoms with van der Waals surface area (Å²) in [5.41, 5.74) is 4.62. The highest BCUT2D eigenvalue weighted by atomic mass is 16.5. The molecule has 0 aromatic heterocycles. The number of hydrazone groups is 1. The zero-order chi connectivity index (χ0) is 26.5. The van der Waals surface area contributed by atoms with Crippen LogP contribution < -0.4 is 14.9 Å². The second kappa shape index (κ2) is 11.0. The Balaban J connectivity index is 1.35. The number of benzene rings is 5. The molecule has 6 nitrogen and oxygen atoms in total. The van der Waals surface area contributed by atoms with Crippen LogP contribution in [-0.2, 0) is 4.79 Å². The summed E-state index contributed by atoms with van der Waals surface area (Å²) in [4.78, 5) is 25.6. The number of carbonyl (C=O) groups excluding carboxylic acids is 2. The van der Waals surface area contributed by atoms with Crippen LogP contribution in [0.15, 0.2) is 108 Å². The Morgan fingerprint density at radius 2 is 1.42 bits per heavy atom. The van der Waals surface area contributed by atoms with Crippen LogP contribution in [0.2, 0.25) is 0 Å². The summed E-state index contributed by atoms with van der Waals surface area (Å²) < 4.78 is 11.7. The molecule has 5 aromatic carbocycles. The van der Waals surface area contributed by atoms with Gasteiger partial charge in [0, 0.05) is 10.9 Å². The van der Waals surface area contributed by atoms with Gasteiger partial charge in [-0.05, 0) is 54.3 Å². The van der Waals surface area contributed by atoms with Gasteiger partial charge < -0.3 is 9.47 Å². The second-order valence-electron chi connectivity index (χ2n) is 8.93. The minimum Gasteiger partial charge on any atom is -0.480 e. The van der Waals surface area contributed by atoms with Crippen molar-refractivity contribution in [3.63, 3.8) is 0 Å². The molecule has 0 bridgehead atoms. The summed E-state index contributed by atoms with van der Waals surface area (Å²) in [5, 5.41) is 7.91. The Morgan fingerprint density at radius 3 is 2.18 bits per heavy atom. The van der Waals surface area contributed by atoms with Crippen molar-refractivity contribution < 1.29 is 19.1 Å². The maximum atomic E-state index is 12.8. The van der Waals surface area contributed by atoms with Gasteiger partial charge in [-0.15, -0.1) is 0 Å². The standard InChI is InChI=1S/C32H26N2O4/c1-21-14-16-25(17-15-21)32(36)38-30-19-18-24-9-3-5-11-26(24)28(30)20-33-34-31(35)22(2)37-29-13-7-10-23-8-4-6-12-27(23)29/h3-20,22H,1-2H3,(H,34,35)/b33-20+. The summed E-state index contributed by atoms with van der Waals surface area (Å²) in [6, 6.07) is 32.0. The highest BCUT2D eigenvalue weighted by molar-refractivity contribution is 6.04. The minimum absolute atomic E-state index is 0.340. The summed E-state index contributed by atoms with van der Waals surface area (Å²) >= 11 is 0. The van der Waals surface area contributed by atoms with Crippen molar-refractivity contribution in [1.29, 1.82) is 0 Å². The maximum absolute atomic E-state index is 12.8. The number of esters is 1. The van der Waals surface area contributed by atoms with E-state index in [-0.39, 0.29) is 0 Å². The van der Waals surface area contributed by atoms with Gasteiger partial charge in [-0.1, -0.05) is 84.4 Å². The zero-order valence-electron chi connectivity index (χ0n) is 21.0. The smallest absolute Gasteiger partial charge is 0.343 e. The number of ether oxygens (including phenoxy) is 2.